The van der Waals surface area contributed by atoms with E-state index in [-0.39, 0.29) is 21.8 Å². The summed E-state index contributed by atoms with van der Waals surface area (Å²) < 4.78 is 37.1. The van der Waals surface area contributed by atoms with E-state index in [1.807, 2.05) is 0 Å². The number of carbonyl (C=O) groups excluding carboxylic acids is 1. The fourth-order valence-electron chi connectivity index (χ4n) is 3.13. The molecular formula is C21H23N3O6S. The second kappa shape index (κ2) is 8.50. The van der Waals surface area contributed by atoms with Gasteiger partial charge in [-0.25, -0.2) is 22.7 Å². The lowest BCUT2D eigenvalue weighted by molar-refractivity contribution is 0.172. The number of hydrogen-bond acceptors (Lipinski definition) is 7. The molecule has 0 aliphatic rings. The van der Waals surface area contributed by atoms with E-state index < -0.39 is 27.8 Å². The number of rotatable bonds is 5. The molecule has 1 heterocycles. The molecule has 164 valence electrons. The number of nitrogens with zero attached hydrogens (tertiary/aromatic N) is 1. The van der Waals surface area contributed by atoms with Gasteiger partial charge in [0, 0.05) is 25.5 Å². The van der Waals surface area contributed by atoms with Crippen LogP contribution in [0.25, 0.3) is 11.0 Å². The molecule has 0 aliphatic heterocycles. The first-order valence-corrected chi connectivity index (χ1v) is 10.8. The van der Waals surface area contributed by atoms with Crippen LogP contribution in [0.15, 0.2) is 56.6 Å². The van der Waals surface area contributed by atoms with Crippen molar-refractivity contribution < 1.29 is 22.4 Å². The molecule has 1 amide bonds. The Morgan fingerprint density at radius 2 is 1.90 bits per heavy atom. The number of fused-ring (bicyclic) bond motifs is 1. The molecule has 0 spiro atoms. The zero-order chi connectivity index (χ0) is 22.9. The topological polar surface area (TPSA) is 132 Å². The fourth-order valence-corrected chi connectivity index (χ4v) is 3.91. The number of carbonyl (C=O) groups is 1. The van der Waals surface area contributed by atoms with Gasteiger partial charge < -0.3 is 19.8 Å². The molecule has 31 heavy (non-hydrogen) atoms. The van der Waals surface area contributed by atoms with Gasteiger partial charge in [-0.2, -0.15) is 0 Å². The van der Waals surface area contributed by atoms with E-state index in [2.05, 4.69) is 4.72 Å². The molecule has 2 aromatic carbocycles. The maximum absolute atomic E-state index is 12.8. The van der Waals surface area contributed by atoms with Gasteiger partial charge in [-0.05, 0) is 49.4 Å². The van der Waals surface area contributed by atoms with E-state index in [1.165, 1.54) is 30.1 Å². The predicted octanol–water partition coefficient (Wildman–Crippen LogP) is 2.12. The van der Waals surface area contributed by atoms with Gasteiger partial charge in [-0.1, -0.05) is 12.1 Å². The number of aryl methyl sites for hydroxylation is 1. The van der Waals surface area contributed by atoms with Gasteiger partial charge >= 0.3 is 11.7 Å². The van der Waals surface area contributed by atoms with Crippen molar-refractivity contribution in [3.63, 3.8) is 0 Å². The minimum Gasteiger partial charge on any atom is -0.422 e. The highest BCUT2D eigenvalue weighted by atomic mass is 32.2. The number of amides is 1. The minimum atomic E-state index is -3.66. The van der Waals surface area contributed by atoms with Crippen LogP contribution >= 0.6 is 0 Å². The maximum atomic E-state index is 12.8. The SMILES string of the molecule is CNS(=O)(=O)c1cccc(C(N)c2c(C)c3ccc(OC(=O)N(C)C)cc3oc2=O)c1. The lowest BCUT2D eigenvalue weighted by Gasteiger charge is -2.16. The third-order valence-corrected chi connectivity index (χ3v) is 6.27. The molecule has 0 aliphatic carbocycles. The van der Waals surface area contributed by atoms with E-state index in [1.54, 1.807) is 45.3 Å². The Balaban J connectivity index is 2.06. The van der Waals surface area contributed by atoms with Gasteiger partial charge in [0.1, 0.15) is 11.3 Å². The summed E-state index contributed by atoms with van der Waals surface area (Å²) in [6, 6.07) is 9.88. The van der Waals surface area contributed by atoms with Gasteiger partial charge in [-0.3, -0.25) is 0 Å². The van der Waals surface area contributed by atoms with Crippen LogP contribution in [0.1, 0.15) is 22.7 Å². The summed E-state index contributed by atoms with van der Waals surface area (Å²) in [6.07, 6.45) is -0.562. The summed E-state index contributed by atoms with van der Waals surface area (Å²) in [6.45, 7) is 1.73. The first-order chi connectivity index (χ1) is 14.5. The van der Waals surface area contributed by atoms with Crippen LogP contribution in [0.4, 0.5) is 4.79 Å². The molecule has 0 radical (unpaired) electrons. The second-order valence-corrected chi connectivity index (χ2v) is 8.99. The molecule has 0 fully saturated rings. The van der Waals surface area contributed by atoms with E-state index >= 15 is 0 Å². The third-order valence-electron chi connectivity index (χ3n) is 4.86. The largest absolute Gasteiger partial charge is 0.422 e. The molecule has 1 aromatic heterocycles. The second-order valence-electron chi connectivity index (χ2n) is 7.11. The maximum Gasteiger partial charge on any atom is 0.414 e. The number of nitrogens with two attached hydrogens (primary N) is 1. The molecule has 3 rings (SSSR count). The van der Waals surface area contributed by atoms with Crippen molar-refractivity contribution in [2.75, 3.05) is 21.1 Å². The highest BCUT2D eigenvalue weighted by Gasteiger charge is 2.22. The third kappa shape index (κ3) is 4.46. The number of hydrogen-bond donors (Lipinski definition) is 2. The standard InChI is InChI=1S/C21H23N3O6S/c1-12-16-9-8-14(29-21(26)24(3)4)11-17(16)30-20(25)18(12)19(22)13-6-5-7-15(10-13)31(27,28)23-2/h5-11,19,23H,22H2,1-4H3. The van der Waals surface area contributed by atoms with E-state index in [9.17, 15) is 18.0 Å². The van der Waals surface area contributed by atoms with Crippen molar-refractivity contribution in [2.45, 2.75) is 17.9 Å². The van der Waals surface area contributed by atoms with Crippen molar-refractivity contribution in [1.29, 1.82) is 0 Å². The number of ether oxygens (including phenoxy) is 1. The molecule has 10 heteroatoms. The Morgan fingerprint density at radius 3 is 2.55 bits per heavy atom. The lowest BCUT2D eigenvalue weighted by atomic mass is 9.95. The predicted molar refractivity (Wildman–Crippen MR) is 116 cm³/mol. The van der Waals surface area contributed by atoms with Gasteiger partial charge in [0.15, 0.2) is 0 Å². The van der Waals surface area contributed by atoms with Crippen LogP contribution in [-0.2, 0) is 10.0 Å². The molecule has 9 nitrogen and oxygen atoms in total. The highest BCUT2D eigenvalue weighted by molar-refractivity contribution is 7.89. The summed E-state index contributed by atoms with van der Waals surface area (Å²) in [5.74, 6) is 0.232. The Morgan fingerprint density at radius 1 is 1.19 bits per heavy atom. The Kier molecular flexibility index (Phi) is 6.16. The number of nitrogens with one attached hydrogen (secondary N) is 1. The zero-order valence-corrected chi connectivity index (χ0v) is 18.3. The first kappa shape index (κ1) is 22.5. The van der Waals surface area contributed by atoms with Crippen molar-refractivity contribution in [3.05, 3.63) is 69.6 Å². The quantitative estimate of drug-likeness (QED) is 0.575. The number of benzene rings is 2. The monoisotopic (exact) mass is 445 g/mol. The van der Waals surface area contributed by atoms with Crippen LogP contribution < -0.4 is 20.8 Å². The molecule has 1 atom stereocenters. The van der Waals surface area contributed by atoms with Gasteiger partial charge in [-0.15, -0.1) is 0 Å². The summed E-state index contributed by atoms with van der Waals surface area (Å²) in [5.41, 5.74) is 7.18. The average molecular weight is 445 g/mol. The van der Waals surface area contributed by atoms with E-state index in [0.29, 0.717) is 16.5 Å². The van der Waals surface area contributed by atoms with Crippen molar-refractivity contribution in [3.8, 4) is 5.75 Å². The molecule has 3 N–H and O–H groups in total. The Hall–Kier alpha value is -3.21. The van der Waals surface area contributed by atoms with Crippen LogP contribution in [0.5, 0.6) is 5.75 Å². The summed E-state index contributed by atoms with van der Waals surface area (Å²) in [7, 11) is 0.757. The minimum absolute atomic E-state index is 0.0399. The molecule has 1 unspecified atom stereocenters. The van der Waals surface area contributed by atoms with Crippen LogP contribution in [-0.4, -0.2) is 40.6 Å². The molecule has 0 saturated carbocycles. The fraction of sp³-hybridized carbons (Fsp3) is 0.238. The first-order valence-electron chi connectivity index (χ1n) is 9.30. The Labute approximate surface area is 179 Å². The smallest absolute Gasteiger partial charge is 0.414 e. The van der Waals surface area contributed by atoms with Crippen LogP contribution in [0, 0.1) is 6.92 Å². The van der Waals surface area contributed by atoms with Gasteiger partial charge in [0.05, 0.1) is 16.5 Å². The molecule has 3 aromatic rings. The van der Waals surface area contributed by atoms with Crippen molar-refractivity contribution in [1.82, 2.24) is 9.62 Å². The highest BCUT2D eigenvalue weighted by Crippen LogP contribution is 2.29. The summed E-state index contributed by atoms with van der Waals surface area (Å²) in [5, 5.41) is 0.619. The van der Waals surface area contributed by atoms with Gasteiger partial charge in [0.2, 0.25) is 10.0 Å². The Bertz CT molecular complexity index is 1310. The normalized spacial score (nSPS) is 12.5. The van der Waals surface area contributed by atoms with Crippen LogP contribution in [0.2, 0.25) is 0 Å². The molecule has 0 saturated heterocycles. The molecular weight excluding hydrogens is 422 g/mol. The molecule has 0 bridgehead atoms. The van der Waals surface area contributed by atoms with Crippen LogP contribution in [0.3, 0.4) is 0 Å². The average Bonchev–Trinajstić information content (AvgIpc) is 2.73. The zero-order valence-electron chi connectivity index (χ0n) is 17.5. The number of sulfonamides is 1. The lowest BCUT2D eigenvalue weighted by Crippen LogP contribution is -2.25. The van der Waals surface area contributed by atoms with Crippen molar-refractivity contribution in [2.24, 2.45) is 5.73 Å². The van der Waals surface area contributed by atoms with E-state index in [4.69, 9.17) is 14.9 Å². The van der Waals surface area contributed by atoms with Crippen molar-refractivity contribution >= 4 is 27.1 Å². The van der Waals surface area contributed by atoms with Gasteiger partial charge in [0.25, 0.3) is 0 Å². The van der Waals surface area contributed by atoms with E-state index in [0.717, 1.165) is 0 Å². The summed E-state index contributed by atoms with van der Waals surface area (Å²) in [4.78, 5) is 25.8. The summed E-state index contributed by atoms with van der Waals surface area (Å²) >= 11 is 0.